The average molecular weight is 313 g/mol. The summed E-state index contributed by atoms with van der Waals surface area (Å²) in [6, 6.07) is 3.57. The number of aromatic nitrogens is 1. The second-order valence-corrected chi connectivity index (χ2v) is 4.73. The number of phenolic OH excluding ortho intramolecular Hbond substituents is 1. The van der Waals surface area contributed by atoms with Gasteiger partial charge in [-0.1, -0.05) is 0 Å². The topological polar surface area (TPSA) is 66.3 Å². The molecule has 118 valence electrons. The molecule has 1 heterocycles. The molecule has 2 rings (SSSR count). The van der Waals surface area contributed by atoms with Crippen molar-refractivity contribution in [2.45, 2.75) is 12.2 Å². The van der Waals surface area contributed by atoms with E-state index >= 15 is 0 Å². The van der Waals surface area contributed by atoms with Gasteiger partial charge >= 0.3 is 12.2 Å². The van der Waals surface area contributed by atoms with Crippen molar-refractivity contribution in [3.05, 3.63) is 48.3 Å². The molecule has 1 aromatic carbocycles. The minimum atomic E-state index is -4.62. The number of alkyl halides is 3. The van der Waals surface area contributed by atoms with Gasteiger partial charge < -0.3 is 20.3 Å². The Morgan fingerprint density at radius 2 is 1.86 bits per heavy atom. The Labute approximate surface area is 124 Å². The lowest BCUT2D eigenvalue weighted by molar-refractivity contribution is -0.154. The zero-order valence-electron chi connectivity index (χ0n) is 11.6. The molecule has 0 aliphatic carbocycles. The standard InChI is InChI=1S/C14H14F3N3O2/c1-20-7-6-9(8-20)12(14(15,16)17)19-13(22)18-10-2-4-11(21)5-3-10/h2-8,12,21H,1H3,(H2,18,19,22)/t12-/m0/s1. The SMILES string of the molecule is Cn1ccc([C@H](NC(=O)Nc2ccc(O)cc2)C(F)(F)F)c1. The highest BCUT2D eigenvalue weighted by molar-refractivity contribution is 5.89. The van der Waals surface area contributed by atoms with Crippen LogP contribution in [0.5, 0.6) is 5.75 Å². The van der Waals surface area contributed by atoms with Crippen molar-refractivity contribution < 1.29 is 23.1 Å². The number of phenols is 1. The van der Waals surface area contributed by atoms with Gasteiger partial charge in [0.05, 0.1) is 0 Å². The maximum atomic E-state index is 13.1. The lowest BCUT2D eigenvalue weighted by atomic mass is 10.1. The number of carbonyl (C=O) groups is 1. The van der Waals surface area contributed by atoms with Gasteiger partial charge in [0.25, 0.3) is 0 Å². The second kappa shape index (κ2) is 6.00. The van der Waals surface area contributed by atoms with Gasteiger partial charge in [-0.3, -0.25) is 0 Å². The van der Waals surface area contributed by atoms with E-state index in [-0.39, 0.29) is 17.0 Å². The molecule has 0 saturated carbocycles. The second-order valence-electron chi connectivity index (χ2n) is 4.73. The van der Waals surface area contributed by atoms with E-state index in [4.69, 9.17) is 5.11 Å². The number of hydrogen-bond acceptors (Lipinski definition) is 2. The Morgan fingerprint density at radius 3 is 2.36 bits per heavy atom. The van der Waals surface area contributed by atoms with Crippen LogP contribution in [0.25, 0.3) is 0 Å². The first-order valence-electron chi connectivity index (χ1n) is 6.31. The third-order valence-corrected chi connectivity index (χ3v) is 2.92. The number of aromatic hydroxyl groups is 1. The van der Waals surface area contributed by atoms with Crippen molar-refractivity contribution in [3.8, 4) is 5.75 Å². The first-order valence-corrected chi connectivity index (χ1v) is 6.31. The number of nitrogens with one attached hydrogen (secondary N) is 2. The largest absolute Gasteiger partial charge is 0.508 e. The summed E-state index contributed by atoms with van der Waals surface area (Å²) in [7, 11) is 1.59. The van der Waals surface area contributed by atoms with Crippen LogP contribution in [-0.4, -0.2) is 21.9 Å². The highest BCUT2D eigenvalue weighted by Crippen LogP contribution is 2.32. The summed E-state index contributed by atoms with van der Waals surface area (Å²) in [5, 5.41) is 13.3. The van der Waals surface area contributed by atoms with Crippen LogP contribution < -0.4 is 10.6 Å². The number of hydrogen-bond donors (Lipinski definition) is 3. The molecule has 1 atom stereocenters. The first kappa shape index (κ1) is 15.7. The van der Waals surface area contributed by atoms with Crippen molar-refractivity contribution >= 4 is 11.7 Å². The molecular formula is C14H14F3N3O2. The van der Waals surface area contributed by atoms with Crippen molar-refractivity contribution in [2.24, 2.45) is 7.05 Å². The molecule has 5 nitrogen and oxygen atoms in total. The van der Waals surface area contributed by atoms with Crippen molar-refractivity contribution in [1.29, 1.82) is 0 Å². The third kappa shape index (κ3) is 3.94. The monoisotopic (exact) mass is 313 g/mol. The quantitative estimate of drug-likeness (QED) is 0.762. The van der Waals surface area contributed by atoms with E-state index in [9.17, 15) is 18.0 Å². The zero-order valence-corrected chi connectivity index (χ0v) is 11.6. The molecular weight excluding hydrogens is 299 g/mol. The summed E-state index contributed by atoms with van der Waals surface area (Å²) in [5.74, 6) is -0.0107. The predicted octanol–water partition coefficient (Wildman–Crippen LogP) is 3.16. The summed E-state index contributed by atoms with van der Waals surface area (Å²) in [5.41, 5.74) is 0.208. The minimum absolute atomic E-state index is 0.0107. The van der Waals surface area contributed by atoms with Crippen molar-refractivity contribution in [2.75, 3.05) is 5.32 Å². The van der Waals surface area contributed by atoms with Crippen LogP contribution in [0.15, 0.2) is 42.7 Å². The maximum absolute atomic E-state index is 13.1. The average Bonchev–Trinajstić information content (AvgIpc) is 2.84. The summed E-state index contributed by atoms with van der Waals surface area (Å²) in [6.07, 6.45) is -1.86. The van der Waals surface area contributed by atoms with E-state index in [0.29, 0.717) is 0 Å². The summed E-state index contributed by atoms with van der Waals surface area (Å²) in [4.78, 5) is 11.7. The molecule has 0 radical (unpaired) electrons. The van der Waals surface area contributed by atoms with Crippen LogP contribution in [0.2, 0.25) is 0 Å². The predicted molar refractivity (Wildman–Crippen MR) is 74.5 cm³/mol. The fraction of sp³-hybridized carbons (Fsp3) is 0.214. The van der Waals surface area contributed by atoms with E-state index < -0.39 is 18.2 Å². The Morgan fingerprint density at radius 1 is 1.23 bits per heavy atom. The van der Waals surface area contributed by atoms with Crippen LogP contribution in [0.4, 0.5) is 23.7 Å². The molecule has 8 heteroatoms. The maximum Gasteiger partial charge on any atom is 0.412 e. The molecule has 0 aliphatic rings. The van der Waals surface area contributed by atoms with Crippen LogP contribution in [0, 0.1) is 0 Å². The van der Waals surface area contributed by atoms with Gasteiger partial charge in [-0.15, -0.1) is 0 Å². The molecule has 0 saturated heterocycles. The van der Waals surface area contributed by atoms with E-state index in [0.717, 1.165) is 0 Å². The van der Waals surface area contributed by atoms with E-state index in [1.165, 1.54) is 47.3 Å². The lowest BCUT2D eigenvalue weighted by Crippen LogP contribution is -2.40. The Kier molecular flexibility index (Phi) is 4.30. The summed E-state index contributed by atoms with van der Waals surface area (Å²) < 4.78 is 40.7. The Balaban J connectivity index is 2.10. The van der Waals surface area contributed by atoms with Crippen molar-refractivity contribution in [3.63, 3.8) is 0 Å². The van der Waals surface area contributed by atoms with E-state index in [1.807, 2.05) is 5.32 Å². The number of aryl methyl sites for hydroxylation is 1. The molecule has 1 aromatic heterocycles. The van der Waals surface area contributed by atoms with Gasteiger partial charge in [0.15, 0.2) is 6.04 Å². The summed E-state index contributed by atoms with van der Waals surface area (Å²) >= 11 is 0. The number of anilines is 1. The number of rotatable bonds is 3. The van der Waals surface area contributed by atoms with Crippen molar-refractivity contribution in [1.82, 2.24) is 9.88 Å². The Bertz CT molecular complexity index is 650. The fourth-order valence-corrected chi connectivity index (χ4v) is 1.89. The third-order valence-electron chi connectivity index (χ3n) is 2.92. The van der Waals surface area contributed by atoms with Crippen LogP contribution in [-0.2, 0) is 7.05 Å². The number of nitrogens with zero attached hydrogens (tertiary/aromatic N) is 1. The fourth-order valence-electron chi connectivity index (χ4n) is 1.89. The molecule has 2 aromatic rings. The number of carbonyl (C=O) groups excluding carboxylic acids is 1. The molecule has 22 heavy (non-hydrogen) atoms. The molecule has 0 bridgehead atoms. The van der Waals surface area contributed by atoms with E-state index in [2.05, 4.69) is 5.32 Å². The van der Waals surface area contributed by atoms with Crippen LogP contribution in [0.1, 0.15) is 11.6 Å². The van der Waals surface area contributed by atoms with Gasteiger partial charge in [-0.05, 0) is 30.3 Å². The molecule has 3 N–H and O–H groups in total. The highest BCUT2D eigenvalue weighted by Gasteiger charge is 2.42. The lowest BCUT2D eigenvalue weighted by Gasteiger charge is -2.21. The molecule has 0 spiro atoms. The Hall–Kier alpha value is -2.64. The first-order chi connectivity index (χ1) is 10.3. The van der Waals surface area contributed by atoms with Crippen LogP contribution >= 0.6 is 0 Å². The minimum Gasteiger partial charge on any atom is -0.508 e. The molecule has 0 fully saturated rings. The van der Waals surface area contributed by atoms with Gasteiger partial charge in [-0.25, -0.2) is 4.79 Å². The van der Waals surface area contributed by atoms with Gasteiger partial charge in [0.2, 0.25) is 0 Å². The molecule has 0 aliphatic heterocycles. The van der Waals surface area contributed by atoms with Gasteiger partial charge in [0, 0.05) is 30.7 Å². The number of halogens is 3. The number of amides is 2. The summed E-state index contributed by atoms with van der Waals surface area (Å²) in [6.45, 7) is 0. The van der Waals surface area contributed by atoms with Gasteiger partial charge in [0.1, 0.15) is 5.75 Å². The smallest absolute Gasteiger partial charge is 0.412 e. The number of benzene rings is 1. The highest BCUT2D eigenvalue weighted by atomic mass is 19.4. The normalized spacial score (nSPS) is 12.7. The van der Waals surface area contributed by atoms with Crippen LogP contribution in [0.3, 0.4) is 0 Å². The number of urea groups is 1. The zero-order chi connectivity index (χ0) is 16.3. The van der Waals surface area contributed by atoms with Gasteiger partial charge in [-0.2, -0.15) is 13.2 Å². The molecule has 0 unspecified atom stereocenters. The van der Waals surface area contributed by atoms with E-state index in [1.54, 1.807) is 7.05 Å². The molecule has 2 amide bonds.